The van der Waals surface area contributed by atoms with E-state index in [1.54, 1.807) is 18.2 Å². The van der Waals surface area contributed by atoms with E-state index in [1.807, 2.05) is 0 Å². The molecular formula is C17H18F2N2O3. The molecule has 0 aliphatic heterocycles. The van der Waals surface area contributed by atoms with Gasteiger partial charge in [-0.05, 0) is 30.3 Å². The first kappa shape index (κ1) is 17.5. The number of carbonyl (C=O) groups is 1. The quantitative estimate of drug-likeness (QED) is 0.813. The molecule has 0 bridgehead atoms. The lowest BCUT2D eigenvalue weighted by Crippen LogP contribution is -2.16. The van der Waals surface area contributed by atoms with Crippen LogP contribution in [0.15, 0.2) is 36.4 Å². The van der Waals surface area contributed by atoms with E-state index in [1.165, 1.54) is 20.3 Å². The van der Waals surface area contributed by atoms with E-state index in [0.717, 1.165) is 12.1 Å². The normalized spacial score (nSPS) is 10.2. The monoisotopic (exact) mass is 336 g/mol. The summed E-state index contributed by atoms with van der Waals surface area (Å²) in [5.74, 6) is -0.994. The lowest BCUT2D eigenvalue weighted by atomic mass is 10.2. The molecule has 0 saturated heterocycles. The van der Waals surface area contributed by atoms with Gasteiger partial charge in [0, 0.05) is 24.7 Å². The fourth-order valence-electron chi connectivity index (χ4n) is 2.04. The average Bonchev–Trinajstić information content (AvgIpc) is 2.58. The number of halogens is 2. The van der Waals surface area contributed by atoms with Crippen molar-refractivity contribution in [3.63, 3.8) is 0 Å². The molecular weight excluding hydrogens is 318 g/mol. The Bertz CT molecular complexity index is 723. The Morgan fingerprint density at radius 2 is 1.83 bits per heavy atom. The lowest BCUT2D eigenvalue weighted by molar-refractivity contribution is -0.116. The molecule has 0 spiro atoms. The summed E-state index contributed by atoms with van der Waals surface area (Å²) in [6.45, 7) is 0.273. The molecule has 5 nitrogen and oxygen atoms in total. The van der Waals surface area contributed by atoms with E-state index in [-0.39, 0.29) is 18.9 Å². The van der Waals surface area contributed by atoms with Crippen LogP contribution in [0.5, 0.6) is 11.5 Å². The number of carbonyl (C=O) groups excluding carboxylic acids is 1. The number of benzene rings is 2. The molecule has 0 fully saturated rings. The van der Waals surface area contributed by atoms with Crippen LogP contribution in [-0.4, -0.2) is 26.7 Å². The average molecular weight is 336 g/mol. The van der Waals surface area contributed by atoms with Crippen LogP contribution in [0.25, 0.3) is 0 Å². The van der Waals surface area contributed by atoms with E-state index in [2.05, 4.69) is 10.6 Å². The van der Waals surface area contributed by atoms with Crippen LogP contribution in [-0.2, 0) is 4.79 Å². The number of amides is 1. The van der Waals surface area contributed by atoms with Crippen molar-refractivity contribution >= 4 is 17.3 Å². The smallest absolute Gasteiger partial charge is 0.226 e. The largest absolute Gasteiger partial charge is 0.497 e. The molecule has 1 amide bonds. The van der Waals surface area contributed by atoms with E-state index in [9.17, 15) is 13.6 Å². The van der Waals surface area contributed by atoms with Gasteiger partial charge in [-0.25, -0.2) is 8.78 Å². The van der Waals surface area contributed by atoms with Gasteiger partial charge >= 0.3 is 0 Å². The van der Waals surface area contributed by atoms with Gasteiger partial charge in [-0.2, -0.15) is 0 Å². The van der Waals surface area contributed by atoms with Crippen molar-refractivity contribution in [3.05, 3.63) is 48.0 Å². The minimum Gasteiger partial charge on any atom is -0.497 e. The van der Waals surface area contributed by atoms with Crippen LogP contribution in [0.4, 0.5) is 20.2 Å². The predicted octanol–water partition coefficient (Wildman–Crippen LogP) is 3.42. The number of hydrogen-bond acceptors (Lipinski definition) is 4. The molecule has 7 heteroatoms. The Hall–Kier alpha value is -2.83. The predicted molar refractivity (Wildman–Crippen MR) is 87.6 cm³/mol. The van der Waals surface area contributed by atoms with Crippen molar-refractivity contribution in [2.75, 3.05) is 31.4 Å². The van der Waals surface area contributed by atoms with Gasteiger partial charge in [-0.1, -0.05) is 0 Å². The first-order valence-electron chi connectivity index (χ1n) is 7.24. The van der Waals surface area contributed by atoms with Gasteiger partial charge in [0.05, 0.1) is 19.9 Å². The fourth-order valence-corrected chi connectivity index (χ4v) is 2.04. The lowest BCUT2D eigenvalue weighted by Gasteiger charge is -2.12. The molecule has 2 aromatic rings. The summed E-state index contributed by atoms with van der Waals surface area (Å²) in [7, 11) is 3.03. The standard InChI is InChI=1S/C17H18F2N2O3/c1-23-12-4-6-15(16(10-12)24-2)21-17(22)7-8-20-11-3-5-13(18)14(19)9-11/h3-6,9-10,20H,7-8H2,1-2H3,(H,21,22). The third-order valence-electron chi connectivity index (χ3n) is 3.28. The Labute approximate surface area is 138 Å². The molecule has 0 heterocycles. The Morgan fingerprint density at radius 3 is 2.50 bits per heavy atom. The minimum absolute atomic E-state index is 0.147. The van der Waals surface area contributed by atoms with Crippen molar-refractivity contribution in [1.82, 2.24) is 0 Å². The van der Waals surface area contributed by atoms with Gasteiger partial charge in [0.15, 0.2) is 11.6 Å². The molecule has 0 saturated carbocycles. The zero-order valence-electron chi connectivity index (χ0n) is 13.4. The van der Waals surface area contributed by atoms with E-state index < -0.39 is 11.6 Å². The Kier molecular flexibility index (Phi) is 5.95. The summed E-state index contributed by atoms with van der Waals surface area (Å²) >= 11 is 0. The molecule has 0 aromatic heterocycles. The highest BCUT2D eigenvalue weighted by atomic mass is 19.2. The molecule has 128 valence electrons. The first-order valence-corrected chi connectivity index (χ1v) is 7.24. The molecule has 0 aliphatic rings. The fraction of sp³-hybridized carbons (Fsp3) is 0.235. The third-order valence-corrected chi connectivity index (χ3v) is 3.28. The second-order valence-electron chi connectivity index (χ2n) is 4.92. The van der Waals surface area contributed by atoms with Crippen LogP contribution in [0.1, 0.15) is 6.42 Å². The molecule has 0 atom stereocenters. The number of hydrogen-bond donors (Lipinski definition) is 2. The number of rotatable bonds is 7. The Balaban J connectivity index is 1.88. The van der Waals surface area contributed by atoms with Crippen molar-refractivity contribution in [3.8, 4) is 11.5 Å². The second kappa shape index (κ2) is 8.14. The Morgan fingerprint density at radius 1 is 1.04 bits per heavy atom. The highest BCUT2D eigenvalue weighted by molar-refractivity contribution is 5.92. The summed E-state index contributed by atoms with van der Waals surface area (Å²) in [6, 6.07) is 8.52. The van der Waals surface area contributed by atoms with Crippen LogP contribution in [0.2, 0.25) is 0 Å². The summed E-state index contributed by atoms with van der Waals surface area (Å²) < 4.78 is 36.2. The maximum absolute atomic E-state index is 13.1. The van der Waals surface area contributed by atoms with E-state index in [4.69, 9.17) is 9.47 Å². The summed E-state index contributed by atoms with van der Waals surface area (Å²) in [6.07, 6.45) is 0.147. The number of methoxy groups -OCH3 is 2. The van der Waals surface area contributed by atoms with Crippen molar-refractivity contribution in [2.24, 2.45) is 0 Å². The van der Waals surface area contributed by atoms with Crippen molar-refractivity contribution in [1.29, 1.82) is 0 Å². The third kappa shape index (κ3) is 4.58. The topological polar surface area (TPSA) is 59.6 Å². The summed E-state index contributed by atoms with van der Waals surface area (Å²) in [5.41, 5.74) is 0.930. The highest BCUT2D eigenvalue weighted by Crippen LogP contribution is 2.29. The highest BCUT2D eigenvalue weighted by Gasteiger charge is 2.09. The number of ether oxygens (including phenoxy) is 2. The molecule has 2 rings (SSSR count). The first-order chi connectivity index (χ1) is 11.5. The molecule has 0 aliphatic carbocycles. The van der Waals surface area contributed by atoms with E-state index >= 15 is 0 Å². The summed E-state index contributed by atoms with van der Waals surface area (Å²) in [4.78, 5) is 12.0. The number of anilines is 2. The molecule has 0 radical (unpaired) electrons. The van der Waals surface area contributed by atoms with Crippen LogP contribution in [0.3, 0.4) is 0 Å². The zero-order chi connectivity index (χ0) is 17.5. The van der Waals surface area contributed by atoms with Crippen LogP contribution in [0, 0.1) is 11.6 Å². The van der Waals surface area contributed by atoms with Crippen molar-refractivity contribution in [2.45, 2.75) is 6.42 Å². The number of nitrogens with one attached hydrogen (secondary N) is 2. The van der Waals surface area contributed by atoms with Gasteiger partial charge in [-0.3, -0.25) is 4.79 Å². The molecule has 2 aromatic carbocycles. The summed E-state index contributed by atoms with van der Waals surface area (Å²) in [5, 5.41) is 5.58. The van der Waals surface area contributed by atoms with Gasteiger partial charge in [-0.15, -0.1) is 0 Å². The second-order valence-corrected chi connectivity index (χ2v) is 4.92. The van der Waals surface area contributed by atoms with Gasteiger partial charge in [0.1, 0.15) is 11.5 Å². The zero-order valence-corrected chi connectivity index (χ0v) is 13.4. The molecule has 24 heavy (non-hydrogen) atoms. The molecule has 0 unspecified atom stereocenters. The van der Waals surface area contributed by atoms with E-state index in [0.29, 0.717) is 22.9 Å². The van der Waals surface area contributed by atoms with Gasteiger partial charge in [0.25, 0.3) is 0 Å². The minimum atomic E-state index is -0.938. The maximum atomic E-state index is 13.1. The van der Waals surface area contributed by atoms with Gasteiger partial charge in [0.2, 0.25) is 5.91 Å². The van der Waals surface area contributed by atoms with Crippen LogP contribution < -0.4 is 20.1 Å². The van der Waals surface area contributed by atoms with Crippen LogP contribution >= 0.6 is 0 Å². The van der Waals surface area contributed by atoms with Crippen molar-refractivity contribution < 1.29 is 23.0 Å². The van der Waals surface area contributed by atoms with Gasteiger partial charge < -0.3 is 20.1 Å². The maximum Gasteiger partial charge on any atom is 0.226 e. The molecule has 2 N–H and O–H groups in total. The SMILES string of the molecule is COc1ccc(NC(=O)CCNc2ccc(F)c(F)c2)c(OC)c1.